The molecule has 0 radical (unpaired) electrons. The highest BCUT2D eigenvalue weighted by Gasteiger charge is 2.20. The van der Waals surface area contributed by atoms with E-state index in [1.54, 1.807) is 0 Å². The summed E-state index contributed by atoms with van der Waals surface area (Å²) in [4.78, 5) is 4.42. The minimum absolute atomic E-state index is 0.570. The van der Waals surface area contributed by atoms with Crippen LogP contribution in [0.2, 0.25) is 0 Å². The topological polar surface area (TPSA) is 36.4 Å². The minimum atomic E-state index is 0.570. The van der Waals surface area contributed by atoms with Crippen molar-refractivity contribution in [2.45, 2.75) is 52.0 Å². The molecule has 108 valence electrons. The van der Waals surface area contributed by atoms with E-state index in [1.807, 2.05) is 26.3 Å². The monoisotopic (exact) mass is 263 g/mol. The molecule has 1 aliphatic carbocycles. The van der Waals surface area contributed by atoms with Crippen molar-refractivity contribution in [1.82, 2.24) is 10.6 Å². The van der Waals surface area contributed by atoms with E-state index < -0.39 is 0 Å². The molecule has 1 saturated carbocycles. The van der Waals surface area contributed by atoms with Gasteiger partial charge in [-0.2, -0.15) is 0 Å². The van der Waals surface area contributed by atoms with Gasteiger partial charge in [-0.1, -0.05) is 19.9 Å². The molecule has 1 rings (SSSR count). The second kappa shape index (κ2) is 8.92. The lowest BCUT2D eigenvalue weighted by atomic mass is 9.84. The third kappa shape index (κ3) is 6.06. The van der Waals surface area contributed by atoms with Crippen LogP contribution in [0.4, 0.5) is 0 Å². The molecule has 0 aromatic carbocycles. The van der Waals surface area contributed by atoms with Crippen molar-refractivity contribution < 1.29 is 0 Å². The van der Waals surface area contributed by atoms with Crippen LogP contribution in [0.15, 0.2) is 29.0 Å². The largest absolute Gasteiger partial charge is 0.367 e. The van der Waals surface area contributed by atoms with E-state index >= 15 is 0 Å². The molecule has 1 aliphatic rings. The number of rotatable bonds is 7. The summed E-state index contributed by atoms with van der Waals surface area (Å²) >= 11 is 0. The summed E-state index contributed by atoms with van der Waals surface area (Å²) in [6.45, 7) is 9.08. The van der Waals surface area contributed by atoms with E-state index in [-0.39, 0.29) is 0 Å². The number of hydrogen-bond donors (Lipinski definition) is 2. The van der Waals surface area contributed by atoms with Crippen molar-refractivity contribution in [2.24, 2.45) is 10.9 Å². The molecule has 0 unspecified atom stereocenters. The van der Waals surface area contributed by atoms with Gasteiger partial charge in [0, 0.05) is 18.8 Å². The number of nitrogens with one attached hydrogen (secondary N) is 2. The Hall–Kier alpha value is -1.09. The maximum absolute atomic E-state index is 4.42. The molecule has 0 aromatic rings. The molecule has 3 nitrogen and oxygen atoms in total. The highest BCUT2D eigenvalue weighted by atomic mass is 15.1. The SMILES string of the molecule is C=C(/C=C(\N=CC)NC1CCC(CC)CC1)CNC. The molecule has 0 aliphatic heterocycles. The number of likely N-dealkylation sites (N-methyl/N-ethyl adjacent to an activating group) is 1. The minimum Gasteiger partial charge on any atom is -0.367 e. The molecule has 0 saturated heterocycles. The zero-order valence-electron chi connectivity index (χ0n) is 12.7. The molecular weight excluding hydrogens is 234 g/mol. The van der Waals surface area contributed by atoms with Crippen molar-refractivity contribution in [3.63, 3.8) is 0 Å². The fourth-order valence-corrected chi connectivity index (χ4v) is 2.65. The van der Waals surface area contributed by atoms with Gasteiger partial charge in [0.05, 0.1) is 0 Å². The third-order valence-corrected chi connectivity index (χ3v) is 3.79. The lowest BCUT2D eigenvalue weighted by Gasteiger charge is -2.29. The van der Waals surface area contributed by atoms with Gasteiger partial charge >= 0.3 is 0 Å². The molecule has 0 aromatic heterocycles. The lowest BCUT2D eigenvalue weighted by molar-refractivity contribution is 0.296. The summed E-state index contributed by atoms with van der Waals surface area (Å²) in [5, 5.41) is 6.67. The second-order valence-corrected chi connectivity index (χ2v) is 5.38. The van der Waals surface area contributed by atoms with E-state index in [1.165, 1.54) is 32.1 Å². The lowest BCUT2D eigenvalue weighted by Crippen LogP contribution is -2.32. The van der Waals surface area contributed by atoms with Crippen molar-refractivity contribution in [3.8, 4) is 0 Å². The Kier molecular flexibility index (Phi) is 7.49. The van der Waals surface area contributed by atoms with Gasteiger partial charge in [0.2, 0.25) is 0 Å². The number of aliphatic imine (C=N–C) groups is 1. The van der Waals surface area contributed by atoms with Crippen LogP contribution in [0, 0.1) is 5.92 Å². The molecule has 0 spiro atoms. The third-order valence-electron chi connectivity index (χ3n) is 3.79. The van der Waals surface area contributed by atoms with Gasteiger partial charge in [0.15, 0.2) is 0 Å². The first-order valence-electron chi connectivity index (χ1n) is 7.48. The summed E-state index contributed by atoms with van der Waals surface area (Å²) in [6, 6.07) is 0.570. The van der Waals surface area contributed by atoms with E-state index in [9.17, 15) is 0 Å². The Balaban J connectivity index is 2.52. The Bertz CT molecular complexity index is 323. The summed E-state index contributed by atoms with van der Waals surface area (Å²) in [5.41, 5.74) is 1.05. The average molecular weight is 263 g/mol. The summed E-state index contributed by atoms with van der Waals surface area (Å²) in [6.07, 6.45) is 10.4. The Morgan fingerprint density at radius 3 is 2.53 bits per heavy atom. The Morgan fingerprint density at radius 2 is 2.00 bits per heavy atom. The fourth-order valence-electron chi connectivity index (χ4n) is 2.65. The van der Waals surface area contributed by atoms with Gasteiger partial charge in [0.25, 0.3) is 0 Å². The van der Waals surface area contributed by atoms with Crippen molar-refractivity contribution in [2.75, 3.05) is 13.6 Å². The van der Waals surface area contributed by atoms with E-state index in [0.29, 0.717) is 6.04 Å². The Morgan fingerprint density at radius 1 is 1.32 bits per heavy atom. The molecule has 2 N–H and O–H groups in total. The van der Waals surface area contributed by atoms with E-state index in [2.05, 4.69) is 29.1 Å². The van der Waals surface area contributed by atoms with Gasteiger partial charge in [0.1, 0.15) is 5.82 Å². The van der Waals surface area contributed by atoms with Crippen LogP contribution >= 0.6 is 0 Å². The van der Waals surface area contributed by atoms with Crippen LogP contribution in [0.25, 0.3) is 0 Å². The first-order valence-corrected chi connectivity index (χ1v) is 7.48. The smallest absolute Gasteiger partial charge is 0.125 e. The van der Waals surface area contributed by atoms with Crippen LogP contribution in [0.1, 0.15) is 46.0 Å². The zero-order valence-corrected chi connectivity index (χ0v) is 12.7. The first kappa shape index (κ1) is 16.0. The van der Waals surface area contributed by atoms with Gasteiger partial charge in [-0.05, 0) is 57.2 Å². The summed E-state index contributed by atoms with van der Waals surface area (Å²) in [7, 11) is 1.93. The van der Waals surface area contributed by atoms with Gasteiger partial charge in [-0.15, -0.1) is 0 Å². The van der Waals surface area contributed by atoms with Gasteiger partial charge in [-0.25, -0.2) is 4.99 Å². The highest BCUT2D eigenvalue weighted by molar-refractivity contribution is 5.55. The molecule has 0 atom stereocenters. The quantitative estimate of drug-likeness (QED) is 0.546. The molecule has 0 heterocycles. The predicted molar refractivity (Wildman–Crippen MR) is 84.5 cm³/mol. The molecule has 3 heteroatoms. The van der Waals surface area contributed by atoms with E-state index in [4.69, 9.17) is 0 Å². The van der Waals surface area contributed by atoms with Crippen LogP contribution in [-0.4, -0.2) is 25.8 Å². The normalized spacial score (nSPS) is 24.7. The van der Waals surface area contributed by atoms with Crippen LogP contribution in [0.3, 0.4) is 0 Å². The predicted octanol–water partition coefficient (Wildman–Crippen LogP) is 3.25. The van der Waals surface area contributed by atoms with Crippen LogP contribution < -0.4 is 10.6 Å². The zero-order chi connectivity index (χ0) is 14.1. The number of nitrogens with zero attached hydrogens (tertiary/aromatic N) is 1. The highest BCUT2D eigenvalue weighted by Crippen LogP contribution is 2.27. The average Bonchev–Trinajstić information content (AvgIpc) is 2.40. The molecule has 0 bridgehead atoms. The molecule has 19 heavy (non-hydrogen) atoms. The maximum atomic E-state index is 4.42. The van der Waals surface area contributed by atoms with E-state index in [0.717, 1.165) is 23.9 Å². The molecule has 0 amide bonds. The van der Waals surface area contributed by atoms with Gasteiger partial charge in [-0.3, -0.25) is 0 Å². The van der Waals surface area contributed by atoms with Gasteiger partial charge < -0.3 is 10.6 Å². The standard InChI is InChI=1S/C16H29N3/c1-5-14-7-9-15(10-8-14)19-16(18-6-2)11-13(3)12-17-4/h6,11,14-15,17,19H,3,5,7-10,12H2,1-2,4H3/b16-11+,18-6?. The van der Waals surface area contributed by atoms with Crippen LogP contribution in [-0.2, 0) is 0 Å². The van der Waals surface area contributed by atoms with Crippen molar-refractivity contribution >= 4 is 6.21 Å². The Labute approximate surface area is 118 Å². The summed E-state index contributed by atoms with van der Waals surface area (Å²) in [5.74, 6) is 1.88. The van der Waals surface area contributed by atoms with Crippen LogP contribution in [0.5, 0.6) is 0 Å². The molecule has 1 fully saturated rings. The molecular formula is C16H29N3. The van der Waals surface area contributed by atoms with Crippen molar-refractivity contribution in [1.29, 1.82) is 0 Å². The van der Waals surface area contributed by atoms with Crippen molar-refractivity contribution in [3.05, 3.63) is 24.0 Å². The summed E-state index contributed by atoms with van der Waals surface area (Å²) < 4.78 is 0. The fraction of sp³-hybridized carbons (Fsp3) is 0.688. The number of hydrogen-bond acceptors (Lipinski definition) is 3. The second-order valence-electron chi connectivity index (χ2n) is 5.38. The maximum Gasteiger partial charge on any atom is 0.125 e. The first-order chi connectivity index (χ1) is 9.19.